The normalized spacial score (nSPS) is 20.6. The summed E-state index contributed by atoms with van der Waals surface area (Å²) in [6.07, 6.45) is 2.21. The van der Waals surface area contributed by atoms with Crippen molar-refractivity contribution in [2.75, 3.05) is 19.4 Å². The third kappa shape index (κ3) is 5.62. The van der Waals surface area contributed by atoms with E-state index in [1.54, 1.807) is 4.90 Å². The van der Waals surface area contributed by atoms with Crippen LogP contribution in [-0.2, 0) is 24.6 Å². The molecule has 1 amide bonds. The number of carbonyl (C=O) groups excluding carboxylic acids is 1. The van der Waals surface area contributed by atoms with Gasteiger partial charge in [0.15, 0.2) is 0 Å². The highest BCUT2D eigenvalue weighted by atomic mass is 79.9. The van der Waals surface area contributed by atoms with Crippen LogP contribution in [-0.4, -0.2) is 38.8 Å². The molecular weight excluding hydrogens is 470 g/mol. The second-order valence-electron chi connectivity index (χ2n) is 7.53. The lowest BCUT2D eigenvalue weighted by Crippen LogP contribution is -2.48. The van der Waals surface area contributed by atoms with Gasteiger partial charge in [-0.05, 0) is 43.0 Å². The van der Waals surface area contributed by atoms with Crippen molar-refractivity contribution in [1.82, 2.24) is 4.90 Å². The van der Waals surface area contributed by atoms with Crippen molar-refractivity contribution >= 4 is 32.1 Å². The Morgan fingerprint density at radius 2 is 1.83 bits per heavy atom. The van der Waals surface area contributed by atoms with Crippen molar-refractivity contribution in [1.29, 1.82) is 0 Å². The first-order valence-electron chi connectivity index (χ1n) is 9.85. The van der Waals surface area contributed by atoms with Crippen molar-refractivity contribution in [2.45, 2.75) is 37.8 Å². The summed E-state index contributed by atoms with van der Waals surface area (Å²) in [6.45, 7) is 2.59. The highest BCUT2D eigenvalue weighted by molar-refractivity contribution is 9.10. The van der Waals surface area contributed by atoms with Crippen LogP contribution in [0.2, 0.25) is 0 Å². The average Bonchev–Trinajstić information content (AvgIpc) is 2.71. The molecule has 1 aliphatic rings. The molecule has 1 saturated heterocycles. The maximum Gasteiger partial charge on any atom is 0.411 e. The molecule has 0 unspecified atom stereocenters. The number of nitrogens with zero attached hydrogens (tertiary/aromatic N) is 1. The summed E-state index contributed by atoms with van der Waals surface area (Å²) in [4.78, 5) is 14.8. The number of amides is 1. The van der Waals surface area contributed by atoms with Gasteiger partial charge in [-0.25, -0.2) is 4.79 Å². The predicted molar refractivity (Wildman–Crippen MR) is 119 cm³/mol. The zero-order chi connectivity index (χ0) is 21.8. The minimum Gasteiger partial charge on any atom is -0.438 e. The molecule has 6 nitrogen and oxygen atoms in total. The number of hydrogen-bond acceptors (Lipinski definition) is 5. The van der Waals surface area contributed by atoms with Gasteiger partial charge in [-0.2, -0.15) is 8.42 Å². The highest BCUT2D eigenvalue weighted by Gasteiger charge is 2.43. The van der Waals surface area contributed by atoms with Crippen LogP contribution in [0.4, 0.5) is 4.79 Å². The maximum absolute atomic E-state index is 13.0. The van der Waals surface area contributed by atoms with Crippen molar-refractivity contribution < 1.29 is 22.1 Å². The molecule has 0 spiro atoms. The van der Waals surface area contributed by atoms with Crippen LogP contribution in [0.15, 0.2) is 59.1 Å². The van der Waals surface area contributed by atoms with E-state index in [4.69, 9.17) is 8.92 Å². The molecule has 1 aliphatic heterocycles. The lowest BCUT2D eigenvalue weighted by atomic mass is 9.84. The molecule has 2 atom stereocenters. The van der Waals surface area contributed by atoms with Crippen LogP contribution in [0.25, 0.3) is 0 Å². The average molecular weight is 496 g/mol. The van der Waals surface area contributed by atoms with Gasteiger partial charge in [0.2, 0.25) is 0 Å². The standard InChI is InChI=1S/C22H26BrNO5S/c1-17(18-9-11-20(23)12-10-18)24-15-14-22(29-21(24)25,19-7-4-3-5-8-19)13-6-16-28-30(2,26)27/h3-5,7-12,17H,6,13-16H2,1-2H3/t17-,22+/m0/s1. The van der Waals surface area contributed by atoms with E-state index in [-0.39, 0.29) is 18.7 Å². The number of cyclic esters (lactones) is 1. The van der Waals surface area contributed by atoms with Crippen LogP contribution < -0.4 is 0 Å². The lowest BCUT2D eigenvalue weighted by molar-refractivity contribution is -0.0676. The Balaban J connectivity index is 1.75. The number of carbonyl (C=O) groups is 1. The first-order valence-corrected chi connectivity index (χ1v) is 12.5. The SMILES string of the molecule is C[C@@H](c1ccc(Br)cc1)N1CC[C@](CCCOS(C)(=O)=O)(c2ccccc2)OC1=O. The fraction of sp³-hybridized carbons (Fsp3) is 0.409. The Labute approximate surface area is 186 Å². The number of rotatable bonds is 8. The van der Waals surface area contributed by atoms with E-state index in [1.807, 2.05) is 61.5 Å². The van der Waals surface area contributed by atoms with Crippen LogP contribution in [0.1, 0.15) is 43.4 Å². The first-order chi connectivity index (χ1) is 14.2. The second-order valence-corrected chi connectivity index (χ2v) is 10.1. The van der Waals surface area contributed by atoms with Crippen molar-refractivity contribution in [3.05, 3.63) is 70.2 Å². The maximum atomic E-state index is 13.0. The monoisotopic (exact) mass is 495 g/mol. The van der Waals surface area contributed by atoms with Crippen molar-refractivity contribution in [2.24, 2.45) is 0 Å². The summed E-state index contributed by atoms with van der Waals surface area (Å²) in [5, 5.41) is 0. The van der Waals surface area contributed by atoms with Gasteiger partial charge >= 0.3 is 6.09 Å². The van der Waals surface area contributed by atoms with Gasteiger partial charge in [0.25, 0.3) is 10.1 Å². The van der Waals surface area contributed by atoms with Gasteiger partial charge < -0.3 is 9.64 Å². The smallest absolute Gasteiger partial charge is 0.411 e. The quantitative estimate of drug-likeness (QED) is 0.380. The third-order valence-corrected chi connectivity index (χ3v) is 6.54. The Kier molecular flexibility index (Phi) is 7.21. The molecule has 1 fully saturated rings. The van der Waals surface area contributed by atoms with Gasteiger partial charge in [-0.3, -0.25) is 4.18 Å². The molecule has 3 rings (SSSR count). The zero-order valence-corrected chi connectivity index (χ0v) is 19.5. The largest absolute Gasteiger partial charge is 0.438 e. The molecule has 0 radical (unpaired) electrons. The highest BCUT2D eigenvalue weighted by Crippen LogP contribution is 2.40. The molecule has 2 aromatic rings. The summed E-state index contributed by atoms with van der Waals surface area (Å²) in [5.74, 6) is 0. The summed E-state index contributed by atoms with van der Waals surface area (Å²) in [7, 11) is -3.50. The number of ether oxygens (including phenoxy) is 1. The predicted octanol–water partition coefficient (Wildman–Crippen LogP) is 5.00. The van der Waals surface area contributed by atoms with Gasteiger partial charge in [0.05, 0.1) is 18.9 Å². The topological polar surface area (TPSA) is 72.9 Å². The minimum atomic E-state index is -3.50. The van der Waals surface area contributed by atoms with E-state index >= 15 is 0 Å². The van der Waals surface area contributed by atoms with Crippen molar-refractivity contribution in [3.8, 4) is 0 Å². The summed E-state index contributed by atoms with van der Waals surface area (Å²) in [5.41, 5.74) is 1.15. The Morgan fingerprint density at radius 3 is 2.43 bits per heavy atom. The van der Waals surface area contributed by atoms with Gasteiger partial charge in [0, 0.05) is 17.4 Å². The van der Waals surface area contributed by atoms with Gasteiger partial charge in [-0.1, -0.05) is 58.4 Å². The molecule has 0 bridgehead atoms. The minimum absolute atomic E-state index is 0.0595. The fourth-order valence-electron chi connectivity index (χ4n) is 3.78. The van der Waals surface area contributed by atoms with Crippen LogP contribution in [0.5, 0.6) is 0 Å². The molecule has 2 aromatic carbocycles. The molecule has 162 valence electrons. The Morgan fingerprint density at radius 1 is 1.17 bits per heavy atom. The van der Waals surface area contributed by atoms with Crippen LogP contribution in [0, 0.1) is 0 Å². The molecule has 0 aromatic heterocycles. The molecule has 0 saturated carbocycles. The van der Waals surface area contributed by atoms with Gasteiger partial charge in [0.1, 0.15) is 5.60 Å². The van der Waals surface area contributed by atoms with E-state index < -0.39 is 15.7 Å². The summed E-state index contributed by atoms with van der Waals surface area (Å²) in [6, 6.07) is 17.4. The summed E-state index contributed by atoms with van der Waals surface area (Å²) < 4.78 is 34.4. The van der Waals surface area contributed by atoms with E-state index in [9.17, 15) is 13.2 Å². The molecular formula is C22H26BrNO5S. The molecule has 1 heterocycles. The Hall–Kier alpha value is -1.90. The fourth-order valence-corrected chi connectivity index (χ4v) is 4.46. The lowest BCUT2D eigenvalue weighted by Gasteiger charge is -2.43. The van der Waals surface area contributed by atoms with Crippen LogP contribution in [0.3, 0.4) is 0 Å². The van der Waals surface area contributed by atoms with E-state index in [0.29, 0.717) is 25.8 Å². The molecule has 8 heteroatoms. The van der Waals surface area contributed by atoms with Crippen molar-refractivity contribution in [3.63, 3.8) is 0 Å². The first kappa shape index (κ1) is 22.8. The number of halogens is 1. The zero-order valence-electron chi connectivity index (χ0n) is 17.1. The molecule has 30 heavy (non-hydrogen) atoms. The number of hydrogen-bond donors (Lipinski definition) is 0. The summed E-state index contributed by atoms with van der Waals surface area (Å²) >= 11 is 3.43. The van der Waals surface area contributed by atoms with Gasteiger partial charge in [-0.15, -0.1) is 0 Å². The number of benzene rings is 2. The molecule has 0 N–H and O–H groups in total. The third-order valence-electron chi connectivity index (χ3n) is 5.42. The Bertz CT molecular complexity index is 965. The molecule has 0 aliphatic carbocycles. The van der Waals surface area contributed by atoms with E-state index in [2.05, 4.69) is 15.9 Å². The second kappa shape index (κ2) is 9.49. The van der Waals surface area contributed by atoms with Crippen LogP contribution >= 0.6 is 15.9 Å². The van der Waals surface area contributed by atoms with E-state index in [1.165, 1.54) is 0 Å². The van der Waals surface area contributed by atoms with E-state index in [0.717, 1.165) is 21.9 Å².